The molecule has 0 saturated carbocycles. The van der Waals surface area contributed by atoms with E-state index in [1.165, 1.54) is 12.0 Å². The molecule has 0 radical (unpaired) electrons. The largest absolute Gasteiger partial charge is 0.496 e. The van der Waals surface area contributed by atoms with Crippen molar-refractivity contribution < 1.29 is 31.8 Å². The summed E-state index contributed by atoms with van der Waals surface area (Å²) in [5.74, 6) is 1.00. The molecule has 0 bridgehead atoms. The van der Waals surface area contributed by atoms with Gasteiger partial charge < -0.3 is 23.5 Å². The Bertz CT molecular complexity index is 1770. The second-order valence-corrected chi connectivity index (χ2v) is 12.5. The Balaban J connectivity index is 1.44. The highest BCUT2D eigenvalue weighted by Crippen LogP contribution is 2.38. The van der Waals surface area contributed by atoms with Crippen LogP contribution in [0.3, 0.4) is 0 Å². The van der Waals surface area contributed by atoms with Crippen LogP contribution in [0, 0.1) is 11.3 Å². The highest BCUT2D eigenvalue weighted by atomic mass is 32.2. The number of aromatic nitrogens is 1. The van der Waals surface area contributed by atoms with Gasteiger partial charge in [-0.05, 0) is 42.0 Å². The fraction of sp³-hybridized carbons (Fsp3) is 0.323. The zero-order valence-electron chi connectivity index (χ0n) is 23.6. The Labute approximate surface area is 244 Å². The van der Waals surface area contributed by atoms with Crippen molar-refractivity contribution in [3.63, 3.8) is 0 Å². The summed E-state index contributed by atoms with van der Waals surface area (Å²) in [5, 5.41) is 9.85. The van der Waals surface area contributed by atoms with Gasteiger partial charge in [0.05, 0.1) is 37.2 Å². The number of amides is 1. The third kappa shape index (κ3) is 6.40. The first-order chi connectivity index (χ1) is 20.2. The van der Waals surface area contributed by atoms with Crippen molar-refractivity contribution in [1.29, 1.82) is 5.26 Å². The summed E-state index contributed by atoms with van der Waals surface area (Å²) in [4.78, 5) is 18.7. The van der Waals surface area contributed by atoms with E-state index >= 15 is 0 Å². The molecule has 1 fully saturated rings. The smallest absolute Gasteiger partial charge is 0.253 e. The van der Waals surface area contributed by atoms with Gasteiger partial charge in [0.1, 0.15) is 44.8 Å². The molecule has 2 aromatic carbocycles. The van der Waals surface area contributed by atoms with Crippen LogP contribution >= 0.6 is 0 Å². The van der Waals surface area contributed by atoms with Gasteiger partial charge in [-0.15, -0.1) is 0 Å². The molecule has 11 heteroatoms. The van der Waals surface area contributed by atoms with Crippen molar-refractivity contribution >= 4 is 26.8 Å². The van der Waals surface area contributed by atoms with Gasteiger partial charge in [-0.1, -0.05) is 6.07 Å². The van der Waals surface area contributed by atoms with Crippen LogP contribution in [0.1, 0.15) is 28.8 Å². The number of sulfone groups is 1. The van der Waals surface area contributed by atoms with Crippen LogP contribution in [-0.2, 0) is 14.6 Å². The molecule has 0 N–H and O–H groups in total. The lowest BCUT2D eigenvalue weighted by atomic mass is 10.0. The fourth-order valence-corrected chi connectivity index (χ4v) is 5.42. The highest BCUT2D eigenvalue weighted by Gasteiger charge is 2.21. The Hall–Kier alpha value is -4.40. The third-order valence-electron chi connectivity index (χ3n) is 7.14. The molecule has 3 heterocycles. The minimum atomic E-state index is -3.20. The molecule has 218 valence electrons. The lowest BCUT2D eigenvalue weighted by molar-refractivity contribution is 0.0254. The van der Waals surface area contributed by atoms with Crippen LogP contribution in [0.25, 0.3) is 33.6 Å². The molecular weight excluding hydrogens is 558 g/mol. The van der Waals surface area contributed by atoms with Gasteiger partial charge in [0.2, 0.25) is 0 Å². The Morgan fingerprint density at radius 3 is 2.60 bits per heavy atom. The molecule has 0 unspecified atom stereocenters. The molecule has 1 aliphatic heterocycles. The second-order valence-electron chi connectivity index (χ2n) is 10.2. The molecular formula is C31H31N3O7S. The summed E-state index contributed by atoms with van der Waals surface area (Å²) in [6, 6.07) is 16.3. The number of hydrogen-bond donors (Lipinski definition) is 0. The van der Waals surface area contributed by atoms with E-state index in [9.17, 15) is 18.5 Å². The van der Waals surface area contributed by atoms with Crippen LogP contribution in [0.2, 0.25) is 0 Å². The maximum atomic E-state index is 12.9. The number of fused-ring (bicyclic) bond motifs is 1. The average molecular weight is 590 g/mol. The molecule has 42 heavy (non-hydrogen) atoms. The number of furan rings is 1. The minimum Gasteiger partial charge on any atom is -0.496 e. The number of carbonyl (C=O) groups excluding carboxylic acids is 1. The lowest BCUT2D eigenvalue weighted by Crippen LogP contribution is -2.31. The van der Waals surface area contributed by atoms with E-state index in [-0.39, 0.29) is 24.3 Å². The van der Waals surface area contributed by atoms with Crippen molar-refractivity contribution in [2.24, 2.45) is 0 Å². The molecule has 2 aromatic heterocycles. The normalized spacial score (nSPS) is 14.0. The fourth-order valence-electron chi connectivity index (χ4n) is 4.81. The van der Waals surface area contributed by atoms with Gasteiger partial charge in [-0.25, -0.2) is 8.42 Å². The number of hydrogen-bond acceptors (Lipinski definition) is 9. The van der Waals surface area contributed by atoms with Crippen LogP contribution in [0.4, 0.5) is 0 Å². The molecule has 0 aliphatic carbocycles. The van der Waals surface area contributed by atoms with Gasteiger partial charge in [0, 0.05) is 56.1 Å². The minimum absolute atomic E-state index is 0.0153. The summed E-state index contributed by atoms with van der Waals surface area (Å²) < 4.78 is 46.4. The predicted octanol–water partition coefficient (Wildman–Crippen LogP) is 4.72. The first-order valence-corrected chi connectivity index (χ1v) is 15.5. The maximum absolute atomic E-state index is 12.9. The summed E-state index contributed by atoms with van der Waals surface area (Å²) in [7, 11) is -0.145. The quantitative estimate of drug-likeness (QED) is 0.272. The molecule has 1 aliphatic rings. The van der Waals surface area contributed by atoms with E-state index in [2.05, 4.69) is 11.1 Å². The Kier molecular flexibility index (Phi) is 8.47. The van der Waals surface area contributed by atoms with Gasteiger partial charge >= 0.3 is 0 Å². The molecule has 10 nitrogen and oxygen atoms in total. The second kappa shape index (κ2) is 12.2. The van der Waals surface area contributed by atoms with Crippen LogP contribution < -0.4 is 9.47 Å². The van der Waals surface area contributed by atoms with E-state index in [4.69, 9.17) is 18.6 Å². The number of rotatable bonds is 9. The number of ether oxygens (including phenoxy) is 3. The van der Waals surface area contributed by atoms with Gasteiger partial charge in [0.15, 0.2) is 5.58 Å². The summed E-state index contributed by atoms with van der Waals surface area (Å²) >= 11 is 0. The van der Waals surface area contributed by atoms with Crippen molar-refractivity contribution in [2.45, 2.75) is 18.9 Å². The van der Waals surface area contributed by atoms with Crippen molar-refractivity contribution in [3.05, 3.63) is 65.9 Å². The zero-order valence-corrected chi connectivity index (χ0v) is 24.4. The van der Waals surface area contributed by atoms with Crippen molar-refractivity contribution in [2.75, 3.05) is 45.9 Å². The summed E-state index contributed by atoms with van der Waals surface area (Å²) in [6.07, 6.45) is 4.40. The van der Waals surface area contributed by atoms with Crippen LogP contribution in [0.5, 0.6) is 11.5 Å². The average Bonchev–Trinajstić information content (AvgIpc) is 3.44. The summed E-state index contributed by atoms with van der Waals surface area (Å²) in [5.41, 5.74) is 4.11. The first kappa shape index (κ1) is 29.1. The maximum Gasteiger partial charge on any atom is 0.253 e. The molecule has 1 saturated heterocycles. The topological polar surface area (TPSA) is 132 Å². The van der Waals surface area contributed by atoms with Crippen molar-refractivity contribution in [3.8, 4) is 40.0 Å². The molecule has 5 rings (SSSR count). The summed E-state index contributed by atoms with van der Waals surface area (Å²) in [6.45, 7) is 1.37. The van der Waals surface area contributed by atoms with Gasteiger partial charge in [0.25, 0.3) is 5.91 Å². The number of benzene rings is 2. The highest BCUT2D eigenvalue weighted by molar-refractivity contribution is 7.90. The zero-order chi connectivity index (χ0) is 29.9. The number of methoxy groups -OCH3 is 1. The van der Waals surface area contributed by atoms with Gasteiger partial charge in [-0.2, -0.15) is 5.26 Å². The molecule has 0 spiro atoms. The van der Waals surface area contributed by atoms with E-state index in [1.54, 1.807) is 43.6 Å². The number of pyridine rings is 1. The first-order valence-electron chi connectivity index (χ1n) is 13.5. The molecule has 1 amide bonds. The molecule has 0 atom stereocenters. The predicted molar refractivity (Wildman–Crippen MR) is 157 cm³/mol. The van der Waals surface area contributed by atoms with E-state index in [0.717, 1.165) is 30.2 Å². The van der Waals surface area contributed by atoms with E-state index in [1.807, 2.05) is 18.2 Å². The Morgan fingerprint density at radius 1 is 1.10 bits per heavy atom. The number of nitriles is 1. The van der Waals surface area contributed by atoms with E-state index in [0.29, 0.717) is 58.3 Å². The standard InChI is InChI=1S/C31H31N3O7S/c1-34(12-15-42(3,36)37)31(35)21-4-6-25(28(17-21)38-2)29-18-26-30(41-29)24(8-11-33-26)20-5-7-27(22(16-20)19-32)40-23-9-13-39-14-10-23/h4-8,11,16-18,23H,9-10,12-15H2,1-3H3. The van der Waals surface area contributed by atoms with Crippen LogP contribution in [0.15, 0.2) is 59.1 Å². The van der Waals surface area contributed by atoms with Crippen LogP contribution in [-0.4, -0.2) is 76.2 Å². The number of nitrogens with zero attached hydrogens (tertiary/aromatic N) is 3. The lowest BCUT2D eigenvalue weighted by Gasteiger charge is -2.23. The third-order valence-corrected chi connectivity index (χ3v) is 8.07. The number of carbonyl (C=O) groups is 1. The van der Waals surface area contributed by atoms with Crippen molar-refractivity contribution in [1.82, 2.24) is 9.88 Å². The molecule has 4 aromatic rings. The SMILES string of the molecule is COc1cc(C(=O)N(C)CCS(C)(=O)=O)ccc1-c1cc2nccc(-c3ccc(OC4CCOCC4)c(C#N)c3)c2o1. The Morgan fingerprint density at radius 2 is 1.88 bits per heavy atom. The van der Waals surface area contributed by atoms with E-state index < -0.39 is 9.84 Å². The van der Waals surface area contributed by atoms with Gasteiger partial charge in [-0.3, -0.25) is 9.78 Å². The monoisotopic (exact) mass is 589 g/mol.